The minimum Gasteiger partial charge on any atom is -0.444 e. The summed E-state index contributed by atoms with van der Waals surface area (Å²) in [6.07, 6.45) is 34.7. The Morgan fingerprint density at radius 3 is 1.16 bits per heavy atom. The fourth-order valence-electron chi connectivity index (χ4n) is 23.6. The van der Waals surface area contributed by atoms with E-state index < -0.39 is 46.7 Å². The molecule has 15 aliphatic heterocycles. The number of hydrogen-bond donors (Lipinski definition) is 4. The maximum absolute atomic E-state index is 13.0. The summed E-state index contributed by atoms with van der Waals surface area (Å²) < 4.78 is 83.9. The zero-order valence-corrected chi connectivity index (χ0v) is 89.4. The zero-order valence-electron chi connectivity index (χ0n) is 84.5. The number of halogens is 4. The lowest BCUT2D eigenvalue weighted by Gasteiger charge is -2.39. The number of piperidine rings is 5. The van der Waals surface area contributed by atoms with Gasteiger partial charge in [0.15, 0.2) is 3.92 Å². The van der Waals surface area contributed by atoms with Crippen molar-refractivity contribution in [3.8, 4) is 0 Å². The van der Waals surface area contributed by atoms with E-state index in [2.05, 4.69) is 166 Å². The third kappa shape index (κ3) is 26.1. The molecule has 15 unspecified atom stereocenters. The molecule has 762 valence electrons. The second-order valence-corrected chi connectivity index (χ2v) is 51.1. The molecule has 4 N–H and O–H groups in total. The number of amides is 3. The van der Waals surface area contributed by atoms with Crippen molar-refractivity contribution in [2.45, 2.75) is 369 Å². The van der Waals surface area contributed by atoms with Crippen LogP contribution in [0.25, 0.3) is 36.2 Å². The van der Waals surface area contributed by atoms with E-state index in [0.29, 0.717) is 77.8 Å². The van der Waals surface area contributed by atoms with Gasteiger partial charge in [0.1, 0.15) is 33.4 Å². The number of ketones is 1. The first-order valence-electron chi connectivity index (χ1n) is 50.7. The molecule has 12 bridgehead atoms. The molecule has 0 aliphatic carbocycles. The number of fused-ring (bicyclic) bond motifs is 15. The van der Waals surface area contributed by atoms with Gasteiger partial charge in [-0.25, -0.2) is 29.3 Å². The van der Waals surface area contributed by atoms with Crippen LogP contribution in [0.2, 0.25) is 0 Å². The lowest BCUT2D eigenvalue weighted by Crippen LogP contribution is -2.44. The normalized spacial score (nSPS) is 30.3. The fraction of sp³-hybridized carbons (Fsp3) is 0.680. The summed E-state index contributed by atoms with van der Waals surface area (Å²) in [6.45, 7) is 26.2. The van der Waals surface area contributed by atoms with Crippen molar-refractivity contribution in [3.05, 3.63) is 126 Å². The third-order valence-corrected chi connectivity index (χ3v) is 36.3. The molecule has 36 heteroatoms. The molecule has 18 heterocycles. The molecule has 0 radical (unpaired) electrons. The lowest BCUT2D eigenvalue weighted by molar-refractivity contribution is -0.123. The average molecular weight is 2070 g/mol. The molecule has 15 aliphatic rings. The van der Waals surface area contributed by atoms with Crippen LogP contribution in [-0.2, 0) is 33.3 Å². The number of likely N-dealkylation sites (N-methyl/N-ethyl adjacent to an activating group) is 4. The minimum atomic E-state index is -5.52. The number of ether oxygens (including phenoxy) is 3. The van der Waals surface area contributed by atoms with Crippen molar-refractivity contribution >= 4 is 135 Å². The Balaban J connectivity index is 0.000000128. The first-order chi connectivity index (χ1) is 65.4. The largest absolute Gasteiger partial charge is 0.534 e. The number of carbonyl (C=O) groups is 4. The molecule has 18 atom stereocenters. The topological polar surface area (TPSA) is 288 Å². The fourth-order valence-corrected chi connectivity index (χ4v) is 27.6. The van der Waals surface area contributed by atoms with Gasteiger partial charge >= 0.3 is 48.1 Å². The Bertz CT molecular complexity index is 5530. The highest BCUT2D eigenvalue weighted by molar-refractivity contribution is 9.11. The smallest absolute Gasteiger partial charge is 0.444 e. The summed E-state index contributed by atoms with van der Waals surface area (Å²) >= 11 is 8.74. The van der Waals surface area contributed by atoms with E-state index in [4.69, 9.17) is 44.3 Å². The predicted octanol–water partition coefficient (Wildman–Crippen LogP) is 20.4. The van der Waals surface area contributed by atoms with Gasteiger partial charge < -0.3 is 58.1 Å². The van der Waals surface area contributed by atoms with E-state index in [0.717, 1.165) is 170 Å². The number of rotatable bonds is 9. The molecule has 3 amide bonds. The Morgan fingerprint density at radius 1 is 0.424 bits per heavy atom. The van der Waals surface area contributed by atoms with Crippen molar-refractivity contribution in [1.82, 2.24) is 59.1 Å². The van der Waals surface area contributed by atoms with E-state index in [9.17, 15) is 40.8 Å². The van der Waals surface area contributed by atoms with Gasteiger partial charge in [-0.3, -0.25) is 29.3 Å². The van der Waals surface area contributed by atoms with E-state index in [1.54, 1.807) is 22.7 Å². The first-order valence-corrected chi connectivity index (χ1v) is 55.3. The second kappa shape index (κ2) is 44.1. The number of benzene rings is 3. The second-order valence-electron chi connectivity index (χ2n) is 45.1. The molecule has 26 nitrogen and oxygen atoms in total. The number of thiazole rings is 3. The number of hydrogen-bond acceptors (Lipinski definition) is 26. The summed E-state index contributed by atoms with van der Waals surface area (Å²) in [6, 6.07) is 25.6. The van der Waals surface area contributed by atoms with Crippen LogP contribution >= 0.6 is 49.9 Å². The first kappa shape index (κ1) is 107. The van der Waals surface area contributed by atoms with Gasteiger partial charge in [-0.05, 0) is 362 Å². The molecule has 11 saturated heterocycles. The van der Waals surface area contributed by atoms with Crippen molar-refractivity contribution in [2.75, 3.05) is 61.9 Å². The van der Waals surface area contributed by atoms with Gasteiger partial charge in [-0.1, -0.05) is 57.2 Å². The minimum absolute atomic E-state index is 0.0211. The van der Waals surface area contributed by atoms with Gasteiger partial charge in [-0.2, -0.15) is 21.6 Å². The third-order valence-electron chi connectivity index (χ3n) is 31.5. The van der Waals surface area contributed by atoms with Gasteiger partial charge in [0, 0.05) is 117 Å². The molecule has 3 aromatic carbocycles. The molecule has 6 aromatic rings. The summed E-state index contributed by atoms with van der Waals surface area (Å²) in [5.41, 5.74) is 2.84. The van der Waals surface area contributed by atoms with Crippen LogP contribution < -0.4 is 0 Å². The number of nitrogens with zero attached hydrogens (tertiary/aromatic N) is 12. The number of Topliss-reactive ketones (excluding diaryl/α,β-unsaturated/α-hetero) is 1. The highest BCUT2D eigenvalue weighted by atomic mass is 79.9. The van der Waals surface area contributed by atoms with Crippen molar-refractivity contribution in [2.24, 2.45) is 17.8 Å². The van der Waals surface area contributed by atoms with Crippen LogP contribution in [-0.4, -0.2) is 283 Å². The van der Waals surface area contributed by atoms with E-state index >= 15 is 0 Å². The van der Waals surface area contributed by atoms with Gasteiger partial charge in [0.2, 0.25) is 0 Å². The quantitative estimate of drug-likeness (QED) is 0.0453. The average Bonchev–Trinajstić information content (AvgIpc) is 1.60. The van der Waals surface area contributed by atoms with Crippen LogP contribution in [0.1, 0.15) is 301 Å². The lowest BCUT2D eigenvalue weighted by atomic mass is 9.74. The van der Waals surface area contributed by atoms with Crippen molar-refractivity contribution in [1.29, 1.82) is 0 Å². The molecular weight excluding hydrogens is 1920 g/mol. The number of alkyl halides is 3. The van der Waals surface area contributed by atoms with Crippen molar-refractivity contribution < 1.29 is 79.3 Å². The zero-order chi connectivity index (χ0) is 100. The maximum atomic E-state index is 13.0. The molecule has 139 heavy (non-hydrogen) atoms. The molecule has 0 saturated carbocycles. The number of aromatic nitrogens is 3. The van der Waals surface area contributed by atoms with Gasteiger partial charge in [0.05, 0.1) is 53.8 Å². The predicted molar refractivity (Wildman–Crippen MR) is 550 cm³/mol. The summed E-state index contributed by atoms with van der Waals surface area (Å²) in [5, 5.41) is 38.5. The molecular formula is C103H148B2BrF3N12O14S4. The molecule has 3 aromatic heterocycles. The van der Waals surface area contributed by atoms with Crippen LogP contribution in [0, 0.1) is 17.8 Å². The monoisotopic (exact) mass is 2060 g/mol. The standard InChI is InChI=1S/C26H37N3O2S.C26H35N3O2S.C18H23BrN2O2S.C9H12F3NO3S.2C8H14BNO2.C8H13NO/c2*1-16-6-10-22(29(15-16)25(30)31-26(2,3)4)17-7-11-23-21(14-17)27-24(32-23)18-12-19-8-9-20(13-18)28(19)5;1-11-5-7-14(21(10-11)17(22)23-18(2,3)4)12-6-8-15-13(9-12)20-16(19)24-15;1-13-6-2-3-7(13)5-8(4-6)16-17(14,15)9(10,11)12;2*1-10-7-2-3-8(10)5-6(4-7)9(11)12;1-9-6-2-3-7(9)5-8(10)4-6/h7,11,14,16,18-20,22H,6,8-10,12-13,15H2,1-5H3;7,11-12,14,16,19-20,22H,6,8-10,13,15H2,1-5H3;6,8-9,11,14H,5,7,10H2,1-4H3;4,6-7H,2-3,5H2,1H3;2*4,7-8,11-12H,2-3,5H2,1H3;6-7H,2-5H2,1H3/t16-,18?,19?,20?,22?;16-,19?,20?,22?;11-,14?;;;;/m000..../s1. The molecule has 11 fully saturated rings. The highest BCUT2D eigenvalue weighted by Gasteiger charge is 2.51. The number of likely N-dealkylation sites (tertiary alicyclic amines) is 3. The van der Waals surface area contributed by atoms with E-state index in [-0.39, 0.29) is 60.7 Å². The van der Waals surface area contributed by atoms with Crippen LogP contribution in [0.15, 0.2) is 99.5 Å². The number of carbonyl (C=O) groups excluding carboxylic acids is 4. The summed E-state index contributed by atoms with van der Waals surface area (Å²) in [7, 11) is 4.80. The van der Waals surface area contributed by atoms with Crippen LogP contribution in [0.4, 0.5) is 27.6 Å². The Morgan fingerprint density at radius 2 is 0.770 bits per heavy atom. The molecule has 21 rings (SSSR count). The SMILES string of the molecule is CN1C2C=C(B(O)O)CC1CC2.CN1C2C=C(B(O)O)CC1CC2.CN1C2C=C(OS(=O)(=O)C(F)(F)F)CC1CC2.CN1C2CCC1CC(=O)C2.C[C@H]1CCC(c2ccc3sc(Br)nc3c2)N(C(=O)OC(C)(C)C)C1.C[C@H]1CCC(c2ccc3sc(C4=CC5CCC(C4)N5C)nc3c2)N(C(=O)OC(C)(C)C)C1.C[C@H]1CCC(c2ccc3sc(C4CC5CCC(C4)N5C)nc3c2)N(C(=O)OC(C)(C)C)C1. The Kier molecular flexibility index (Phi) is 33.8. The van der Waals surface area contributed by atoms with E-state index in [1.165, 1.54) is 106 Å². The van der Waals surface area contributed by atoms with Gasteiger partial charge in [-0.15, -0.1) is 34.0 Å². The van der Waals surface area contributed by atoms with E-state index in [1.807, 2.05) is 112 Å². The molecule has 0 spiro atoms. The highest BCUT2D eigenvalue weighted by Crippen LogP contribution is 2.49. The Hall–Kier alpha value is -6.48. The maximum Gasteiger partial charge on any atom is 0.534 e. The van der Waals surface area contributed by atoms with Crippen molar-refractivity contribution in [3.63, 3.8) is 0 Å². The van der Waals surface area contributed by atoms with Gasteiger partial charge in [0.25, 0.3) is 0 Å². The summed E-state index contributed by atoms with van der Waals surface area (Å²) in [5.74, 6) is 2.45. The van der Waals surface area contributed by atoms with Crippen LogP contribution in [0.5, 0.6) is 0 Å². The van der Waals surface area contributed by atoms with Crippen LogP contribution in [0.3, 0.4) is 0 Å². The Labute approximate surface area is 841 Å². The summed E-state index contributed by atoms with van der Waals surface area (Å²) in [4.78, 5) is 84.3.